The monoisotopic (exact) mass is 272 g/mol. The molecule has 0 amide bonds. The maximum Gasteiger partial charge on any atom is 0.0704 e. The van der Waals surface area contributed by atoms with E-state index in [0.29, 0.717) is 12.6 Å². The van der Waals surface area contributed by atoms with Crippen LogP contribution in [0.2, 0.25) is 0 Å². The van der Waals surface area contributed by atoms with Gasteiger partial charge < -0.3 is 10.1 Å². The van der Waals surface area contributed by atoms with Gasteiger partial charge in [0, 0.05) is 17.6 Å². The van der Waals surface area contributed by atoms with Crippen LogP contribution in [0.1, 0.15) is 26.3 Å². The first-order valence-electron chi connectivity index (χ1n) is 7.13. The van der Waals surface area contributed by atoms with Crippen molar-refractivity contribution in [1.82, 2.24) is 10.3 Å². The average Bonchev–Trinajstić information content (AvgIpc) is 2.42. The first-order chi connectivity index (χ1) is 9.49. The summed E-state index contributed by atoms with van der Waals surface area (Å²) in [6.07, 6.45) is 2.82. The highest BCUT2D eigenvalue weighted by Gasteiger charge is 2.15. The number of pyridine rings is 1. The van der Waals surface area contributed by atoms with Crippen LogP contribution in [0.3, 0.4) is 0 Å². The van der Waals surface area contributed by atoms with Crippen molar-refractivity contribution in [3.8, 4) is 0 Å². The molecule has 1 N–H and O–H groups in total. The van der Waals surface area contributed by atoms with Crippen molar-refractivity contribution in [1.29, 1.82) is 0 Å². The Kier molecular flexibility index (Phi) is 4.73. The molecule has 0 radical (unpaired) electrons. The van der Waals surface area contributed by atoms with E-state index in [0.717, 1.165) is 11.9 Å². The van der Waals surface area contributed by atoms with E-state index in [1.165, 1.54) is 10.9 Å². The Morgan fingerprint density at radius 3 is 2.65 bits per heavy atom. The van der Waals surface area contributed by atoms with E-state index in [1.807, 2.05) is 19.3 Å². The van der Waals surface area contributed by atoms with Gasteiger partial charge in [-0.1, -0.05) is 18.2 Å². The summed E-state index contributed by atoms with van der Waals surface area (Å²) in [5.41, 5.74) is 2.26. The fraction of sp³-hybridized carbons (Fsp3) is 0.471. The molecule has 108 valence electrons. The molecule has 2 aromatic rings. The predicted molar refractivity (Wildman–Crippen MR) is 84.0 cm³/mol. The van der Waals surface area contributed by atoms with Gasteiger partial charge in [0.05, 0.1) is 17.7 Å². The molecule has 1 heterocycles. The summed E-state index contributed by atoms with van der Waals surface area (Å²) < 4.78 is 5.89. The van der Waals surface area contributed by atoms with Crippen molar-refractivity contribution >= 4 is 10.9 Å². The molecule has 20 heavy (non-hydrogen) atoms. The van der Waals surface area contributed by atoms with Crippen LogP contribution in [0.25, 0.3) is 10.9 Å². The number of fused-ring (bicyclic) bond motifs is 1. The highest BCUT2D eigenvalue weighted by molar-refractivity contribution is 5.81. The zero-order valence-corrected chi connectivity index (χ0v) is 12.8. The average molecular weight is 272 g/mol. The molecular formula is C17H24N2O. The molecule has 0 saturated carbocycles. The van der Waals surface area contributed by atoms with E-state index in [2.05, 4.69) is 55.3 Å². The molecule has 3 nitrogen and oxygen atoms in total. The molecule has 0 fully saturated rings. The normalized spacial score (nSPS) is 13.6. The van der Waals surface area contributed by atoms with Crippen LogP contribution in [-0.2, 0) is 11.2 Å². The second-order valence-corrected chi connectivity index (χ2v) is 6.10. The number of aromatic nitrogens is 1. The Hall–Kier alpha value is -1.45. The maximum atomic E-state index is 5.89. The third-order valence-corrected chi connectivity index (χ3v) is 3.33. The van der Waals surface area contributed by atoms with Crippen molar-refractivity contribution in [3.05, 3.63) is 42.1 Å². The maximum absolute atomic E-state index is 5.89. The number of ether oxygens (including phenoxy) is 1. The molecule has 0 aliphatic carbocycles. The zero-order valence-electron chi connectivity index (χ0n) is 12.8. The summed E-state index contributed by atoms with van der Waals surface area (Å²) >= 11 is 0. The number of hydrogen-bond acceptors (Lipinski definition) is 3. The van der Waals surface area contributed by atoms with Gasteiger partial charge >= 0.3 is 0 Å². The van der Waals surface area contributed by atoms with Crippen molar-refractivity contribution in [3.63, 3.8) is 0 Å². The van der Waals surface area contributed by atoms with E-state index < -0.39 is 0 Å². The molecule has 1 aromatic heterocycles. The van der Waals surface area contributed by atoms with Crippen LogP contribution in [-0.4, -0.2) is 30.3 Å². The predicted octanol–water partition coefficient (Wildman–Crippen LogP) is 3.18. The fourth-order valence-corrected chi connectivity index (χ4v) is 2.19. The standard InChI is InChI=1S/C17H24N2O/c1-17(2,3)20-12-14(18-4)11-13-9-10-19-16-8-6-5-7-15(13)16/h5-10,14,18H,11-12H2,1-4H3. The fourth-order valence-electron chi connectivity index (χ4n) is 2.19. The lowest BCUT2D eigenvalue weighted by Crippen LogP contribution is -2.36. The van der Waals surface area contributed by atoms with Gasteiger partial charge in [0.2, 0.25) is 0 Å². The lowest BCUT2D eigenvalue weighted by Gasteiger charge is -2.24. The summed E-state index contributed by atoms with van der Waals surface area (Å²) in [5, 5.41) is 4.57. The quantitative estimate of drug-likeness (QED) is 0.907. The third-order valence-electron chi connectivity index (χ3n) is 3.33. The van der Waals surface area contributed by atoms with Crippen LogP contribution < -0.4 is 5.32 Å². The van der Waals surface area contributed by atoms with E-state index in [-0.39, 0.29) is 5.60 Å². The molecule has 3 heteroatoms. The Bertz CT molecular complexity index is 555. The molecule has 0 bridgehead atoms. The lowest BCUT2D eigenvalue weighted by molar-refractivity contribution is -0.0134. The minimum Gasteiger partial charge on any atom is -0.374 e. The molecular weight excluding hydrogens is 248 g/mol. The van der Waals surface area contributed by atoms with Crippen molar-refractivity contribution < 1.29 is 4.74 Å². The summed E-state index contributed by atoms with van der Waals surface area (Å²) in [5.74, 6) is 0. The van der Waals surface area contributed by atoms with E-state index in [4.69, 9.17) is 4.74 Å². The molecule has 1 aromatic carbocycles. The molecule has 0 aliphatic rings. The summed E-state index contributed by atoms with van der Waals surface area (Å²) in [6.45, 7) is 6.96. The first-order valence-corrected chi connectivity index (χ1v) is 7.13. The minimum absolute atomic E-state index is 0.102. The third kappa shape index (κ3) is 4.02. The lowest BCUT2D eigenvalue weighted by atomic mass is 10.0. The number of rotatable bonds is 5. The molecule has 0 aliphatic heterocycles. The zero-order chi connectivity index (χ0) is 14.6. The van der Waals surface area contributed by atoms with E-state index in [9.17, 15) is 0 Å². The molecule has 1 unspecified atom stereocenters. The van der Waals surface area contributed by atoms with Gasteiger partial charge in [0.25, 0.3) is 0 Å². The van der Waals surface area contributed by atoms with Crippen molar-refractivity contribution in [2.75, 3.05) is 13.7 Å². The largest absolute Gasteiger partial charge is 0.374 e. The number of nitrogens with one attached hydrogen (secondary N) is 1. The van der Waals surface area contributed by atoms with Gasteiger partial charge in [-0.25, -0.2) is 0 Å². The van der Waals surface area contributed by atoms with Crippen molar-refractivity contribution in [2.45, 2.75) is 38.8 Å². The van der Waals surface area contributed by atoms with Crippen molar-refractivity contribution in [2.24, 2.45) is 0 Å². The van der Waals surface area contributed by atoms with Gasteiger partial charge in [-0.05, 0) is 51.9 Å². The Morgan fingerprint density at radius 1 is 1.20 bits per heavy atom. The number of para-hydroxylation sites is 1. The number of benzene rings is 1. The number of likely N-dealkylation sites (N-methyl/N-ethyl adjacent to an activating group) is 1. The highest BCUT2D eigenvalue weighted by Crippen LogP contribution is 2.18. The van der Waals surface area contributed by atoms with Crippen LogP contribution in [0.15, 0.2) is 36.5 Å². The number of hydrogen-bond donors (Lipinski definition) is 1. The molecule has 2 rings (SSSR count). The SMILES string of the molecule is CNC(COC(C)(C)C)Cc1ccnc2ccccc12. The molecule has 0 spiro atoms. The smallest absolute Gasteiger partial charge is 0.0704 e. The van der Waals surface area contributed by atoms with Gasteiger partial charge in [-0.2, -0.15) is 0 Å². The molecule has 1 atom stereocenters. The van der Waals surface area contributed by atoms with Crippen LogP contribution in [0.4, 0.5) is 0 Å². The van der Waals surface area contributed by atoms with Crippen LogP contribution >= 0.6 is 0 Å². The van der Waals surface area contributed by atoms with Gasteiger partial charge in [-0.3, -0.25) is 4.98 Å². The topological polar surface area (TPSA) is 34.1 Å². The second-order valence-electron chi connectivity index (χ2n) is 6.10. The first kappa shape index (κ1) is 14.9. The van der Waals surface area contributed by atoms with Gasteiger partial charge in [-0.15, -0.1) is 0 Å². The highest BCUT2D eigenvalue weighted by atomic mass is 16.5. The second kappa shape index (κ2) is 6.33. The Labute approximate surface area is 121 Å². The van der Waals surface area contributed by atoms with Crippen LogP contribution in [0.5, 0.6) is 0 Å². The van der Waals surface area contributed by atoms with E-state index >= 15 is 0 Å². The van der Waals surface area contributed by atoms with Gasteiger partial charge in [0.15, 0.2) is 0 Å². The number of nitrogens with zero attached hydrogens (tertiary/aromatic N) is 1. The van der Waals surface area contributed by atoms with Crippen LogP contribution in [0, 0.1) is 0 Å². The molecule has 0 saturated heterocycles. The van der Waals surface area contributed by atoms with E-state index in [1.54, 1.807) is 0 Å². The summed E-state index contributed by atoms with van der Waals surface area (Å²) in [4.78, 5) is 4.41. The summed E-state index contributed by atoms with van der Waals surface area (Å²) in [6, 6.07) is 10.7. The summed E-state index contributed by atoms with van der Waals surface area (Å²) in [7, 11) is 1.99. The Morgan fingerprint density at radius 2 is 1.95 bits per heavy atom. The Balaban J connectivity index is 2.13. The van der Waals surface area contributed by atoms with Gasteiger partial charge in [0.1, 0.15) is 0 Å². The minimum atomic E-state index is -0.102.